The van der Waals surface area contributed by atoms with Gasteiger partial charge >= 0.3 is 12.1 Å². The standard InChI is InChI=1S/C25H39N3O7Si/c1-24(2,3)34-22(30)20(29)15-33-17-9-10-18-16(11-17)12-28(26-18)19-13-27(23(31)32)14-21(19)35-36(7,8)25(4,5)6/h9-12,19-21,29H,13-15H2,1-8H3,(H,31,32)/t19-,20-,21+/m1/s1. The highest BCUT2D eigenvalue weighted by Gasteiger charge is 2.45. The van der Waals surface area contributed by atoms with Crippen LogP contribution in [0.25, 0.3) is 10.9 Å². The number of fused-ring (bicyclic) bond motifs is 1. The van der Waals surface area contributed by atoms with Gasteiger partial charge in [-0.3, -0.25) is 4.68 Å². The van der Waals surface area contributed by atoms with Gasteiger partial charge in [-0.25, -0.2) is 9.59 Å². The highest BCUT2D eigenvalue weighted by atomic mass is 28.4. The second kappa shape index (κ2) is 10.0. The molecule has 1 fully saturated rings. The lowest BCUT2D eigenvalue weighted by Gasteiger charge is -2.39. The Kier molecular flexibility index (Phi) is 7.78. The van der Waals surface area contributed by atoms with Crippen LogP contribution in [0.3, 0.4) is 0 Å². The Bertz CT molecular complexity index is 1100. The zero-order chi connectivity index (χ0) is 27.1. The van der Waals surface area contributed by atoms with Gasteiger partial charge < -0.3 is 29.0 Å². The zero-order valence-corrected chi connectivity index (χ0v) is 23.4. The molecule has 200 valence electrons. The number of likely N-dealkylation sites (tertiary alicyclic amines) is 1. The summed E-state index contributed by atoms with van der Waals surface area (Å²) in [5.74, 6) is -0.272. The van der Waals surface area contributed by atoms with Crippen LogP contribution in [-0.4, -0.2) is 82.8 Å². The lowest BCUT2D eigenvalue weighted by atomic mass is 10.2. The lowest BCUT2D eigenvalue weighted by Crippen LogP contribution is -2.46. The molecule has 1 aromatic heterocycles. The van der Waals surface area contributed by atoms with E-state index in [9.17, 15) is 19.8 Å². The van der Waals surface area contributed by atoms with Crippen molar-refractivity contribution in [3.05, 3.63) is 24.4 Å². The zero-order valence-electron chi connectivity index (χ0n) is 22.4. The van der Waals surface area contributed by atoms with E-state index in [1.54, 1.807) is 43.7 Å². The molecule has 0 unspecified atom stereocenters. The van der Waals surface area contributed by atoms with E-state index in [4.69, 9.17) is 13.9 Å². The molecule has 2 heterocycles. The van der Waals surface area contributed by atoms with Gasteiger partial charge in [-0.2, -0.15) is 5.10 Å². The fourth-order valence-electron chi connectivity index (χ4n) is 3.73. The Morgan fingerprint density at radius 1 is 1.17 bits per heavy atom. The molecule has 0 bridgehead atoms. The molecule has 36 heavy (non-hydrogen) atoms. The fourth-order valence-corrected chi connectivity index (χ4v) is 5.08. The van der Waals surface area contributed by atoms with Gasteiger partial charge in [-0.1, -0.05) is 20.8 Å². The number of nitrogens with zero attached hydrogens (tertiary/aromatic N) is 3. The highest BCUT2D eigenvalue weighted by molar-refractivity contribution is 6.74. The molecule has 3 atom stereocenters. The number of rotatable bonds is 7. The maximum Gasteiger partial charge on any atom is 0.407 e. The predicted octanol–water partition coefficient (Wildman–Crippen LogP) is 4.04. The summed E-state index contributed by atoms with van der Waals surface area (Å²) in [4.78, 5) is 25.1. The number of aromatic nitrogens is 2. The van der Waals surface area contributed by atoms with Gasteiger partial charge in [0.25, 0.3) is 0 Å². The Morgan fingerprint density at radius 2 is 1.83 bits per heavy atom. The molecule has 0 spiro atoms. The number of hydrogen-bond donors (Lipinski definition) is 2. The van der Waals surface area contributed by atoms with Crippen molar-refractivity contribution in [1.29, 1.82) is 0 Å². The quantitative estimate of drug-likeness (QED) is 0.413. The van der Waals surface area contributed by atoms with Gasteiger partial charge in [-0.05, 0) is 57.1 Å². The average molecular weight is 522 g/mol. The summed E-state index contributed by atoms with van der Waals surface area (Å²) in [5, 5.41) is 25.2. The molecular weight excluding hydrogens is 482 g/mol. The SMILES string of the molecule is CC(C)(C)OC(=O)[C@H](O)COc1ccc2nn([C@@H]3CN(C(=O)O)C[C@@H]3O[Si](C)(C)C(C)(C)C)cc2c1. The molecule has 0 radical (unpaired) electrons. The molecule has 11 heteroatoms. The van der Waals surface area contributed by atoms with Gasteiger partial charge in [0.05, 0.1) is 24.2 Å². The second-order valence-corrected chi connectivity index (χ2v) is 16.6. The van der Waals surface area contributed by atoms with Crippen molar-refractivity contribution in [3.63, 3.8) is 0 Å². The van der Waals surface area contributed by atoms with Gasteiger partial charge in [0, 0.05) is 18.1 Å². The van der Waals surface area contributed by atoms with Crippen LogP contribution in [0.2, 0.25) is 18.1 Å². The van der Waals surface area contributed by atoms with Crippen LogP contribution in [0.5, 0.6) is 5.75 Å². The van der Waals surface area contributed by atoms with Crippen LogP contribution < -0.4 is 4.74 Å². The number of carboxylic acid groups (broad SMARTS) is 1. The van der Waals surface area contributed by atoms with Crippen molar-refractivity contribution < 1.29 is 33.7 Å². The Morgan fingerprint density at radius 3 is 2.42 bits per heavy atom. The minimum atomic E-state index is -2.15. The molecule has 0 saturated carbocycles. The summed E-state index contributed by atoms with van der Waals surface area (Å²) in [6.07, 6.45) is -0.838. The molecule has 1 amide bonds. The number of carbonyl (C=O) groups excluding carboxylic acids is 1. The van der Waals surface area contributed by atoms with E-state index in [1.165, 1.54) is 4.90 Å². The molecule has 1 aliphatic rings. The molecule has 0 aliphatic carbocycles. The van der Waals surface area contributed by atoms with E-state index in [1.807, 2.05) is 6.20 Å². The number of amides is 1. The number of carbonyl (C=O) groups is 2. The lowest BCUT2D eigenvalue weighted by molar-refractivity contribution is -0.166. The van der Waals surface area contributed by atoms with E-state index in [0.29, 0.717) is 12.3 Å². The minimum Gasteiger partial charge on any atom is -0.490 e. The molecule has 3 rings (SSSR count). The number of aliphatic hydroxyl groups is 1. The molecule has 1 aromatic carbocycles. The fraction of sp³-hybridized carbons (Fsp3) is 0.640. The third-order valence-electron chi connectivity index (χ3n) is 6.68. The molecule has 10 nitrogen and oxygen atoms in total. The summed E-state index contributed by atoms with van der Waals surface area (Å²) < 4.78 is 19.2. The maximum absolute atomic E-state index is 12.0. The number of hydrogen-bond acceptors (Lipinski definition) is 7. The molecule has 2 N–H and O–H groups in total. The third kappa shape index (κ3) is 6.57. The summed E-state index contributed by atoms with van der Waals surface area (Å²) >= 11 is 0. The number of esters is 1. The van der Waals surface area contributed by atoms with Gasteiger partial charge in [0.1, 0.15) is 18.0 Å². The minimum absolute atomic E-state index is 0.0147. The third-order valence-corrected chi connectivity index (χ3v) is 11.2. The van der Waals surface area contributed by atoms with Crippen LogP contribution in [0.4, 0.5) is 4.79 Å². The average Bonchev–Trinajstić information content (AvgIpc) is 3.33. The van der Waals surface area contributed by atoms with Crippen molar-refractivity contribution in [2.24, 2.45) is 0 Å². The van der Waals surface area contributed by atoms with Crippen LogP contribution >= 0.6 is 0 Å². The summed E-state index contributed by atoms with van der Waals surface area (Å²) in [5.41, 5.74) is 0.0173. The molecule has 1 saturated heterocycles. The molecule has 1 aliphatic heterocycles. The van der Waals surface area contributed by atoms with Crippen LogP contribution in [0.15, 0.2) is 24.4 Å². The normalized spacial score (nSPS) is 20.0. The van der Waals surface area contributed by atoms with E-state index >= 15 is 0 Å². The van der Waals surface area contributed by atoms with E-state index < -0.39 is 32.1 Å². The summed E-state index contributed by atoms with van der Waals surface area (Å²) in [7, 11) is -2.15. The number of ether oxygens (including phenoxy) is 2. The maximum atomic E-state index is 12.0. The molecular formula is C25H39N3O7Si. The number of aliphatic hydroxyl groups excluding tert-OH is 1. The smallest absolute Gasteiger partial charge is 0.407 e. The first-order chi connectivity index (χ1) is 16.5. The van der Waals surface area contributed by atoms with Crippen LogP contribution in [0, 0.1) is 0 Å². The molecule has 2 aromatic rings. The van der Waals surface area contributed by atoms with E-state index in [2.05, 4.69) is 39.0 Å². The van der Waals surface area contributed by atoms with E-state index in [0.717, 1.165) is 10.9 Å². The first-order valence-corrected chi connectivity index (χ1v) is 15.1. The number of benzene rings is 1. The van der Waals surface area contributed by atoms with Crippen molar-refractivity contribution in [2.45, 2.75) is 83.5 Å². The summed E-state index contributed by atoms with van der Waals surface area (Å²) in [6, 6.07) is 5.01. The van der Waals surface area contributed by atoms with Gasteiger partial charge in [0.15, 0.2) is 14.4 Å². The van der Waals surface area contributed by atoms with Crippen LogP contribution in [0.1, 0.15) is 47.6 Å². The first kappa shape index (κ1) is 27.9. The Balaban J connectivity index is 1.77. The monoisotopic (exact) mass is 521 g/mol. The first-order valence-electron chi connectivity index (χ1n) is 12.2. The van der Waals surface area contributed by atoms with Gasteiger partial charge in [-0.15, -0.1) is 0 Å². The second-order valence-electron chi connectivity index (χ2n) is 11.9. The van der Waals surface area contributed by atoms with Crippen LogP contribution in [-0.2, 0) is 14.0 Å². The van der Waals surface area contributed by atoms with Crippen molar-refractivity contribution in [3.8, 4) is 5.75 Å². The van der Waals surface area contributed by atoms with Crippen molar-refractivity contribution in [1.82, 2.24) is 14.7 Å². The Labute approximate surface area is 213 Å². The predicted molar refractivity (Wildman–Crippen MR) is 138 cm³/mol. The summed E-state index contributed by atoms with van der Waals surface area (Å²) in [6.45, 7) is 16.3. The van der Waals surface area contributed by atoms with Crippen molar-refractivity contribution in [2.75, 3.05) is 19.7 Å². The van der Waals surface area contributed by atoms with Crippen molar-refractivity contribution >= 4 is 31.3 Å². The van der Waals surface area contributed by atoms with E-state index in [-0.39, 0.29) is 30.3 Å². The Hall–Kier alpha value is -2.63. The largest absolute Gasteiger partial charge is 0.490 e. The highest BCUT2D eigenvalue weighted by Crippen LogP contribution is 2.40. The topological polar surface area (TPSA) is 123 Å². The van der Waals surface area contributed by atoms with Gasteiger partial charge in [0.2, 0.25) is 0 Å².